The molecule has 0 aromatic rings. The lowest BCUT2D eigenvalue weighted by atomic mass is 9.85. The molecule has 0 fully saturated rings. The van der Waals surface area contributed by atoms with Crippen molar-refractivity contribution < 1.29 is 4.79 Å². The van der Waals surface area contributed by atoms with E-state index in [-0.39, 0.29) is 10.8 Å². The van der Waals surface area contributed by atoms with Crippen LogP contribution in [0.2, 0.25) is 0 Å². The van der Waals surface area contributed by atoms with Gasteiger partial charge in [-0.15, -0.1) is 0 Å². The van der Waals surface area contributed by atoms with Gasteiger partial charge in [0.15, 0.2) is 0 Å². The van der Waals surface area contributed by atoms with E-state index in [2.05, 4.69) is 20.8 Å². The van der Waals surface area contributed by atoms with Crippen LogP contribution in [0.4, 0.5) is 0 Å². The molecule has 0 saturated carbocycles. The van der Waals surface area contributed by atoms with E-state index in [1.165, 1.54) is 0 Å². The summed E-state index contributed by atoms with van der Waals surface area (Å²) in [5, 5.41) is 0. The van der Waals surface area contributed by atoms with E-state index < -0.39 is 0 Å². The number of carbonyl (C=O) groups excluding carboxylic acids is 1. The fourth-order valence-corrected chi connectivity index (χ4v) is 1.30. The van der Waals surface area contributed by atoms with Crippen LogP contribution in [0.15, 0.2) is 0 Å². The summed E-state index contributed by atoms with van der Waals surface area (Å²) in [5.74, 6) is 0.333. The monoisotopic (exact) mass is 228 g/mol. The maximum Gasteiger partial charge on any atom is 0.138 e. The van der Waals surface area contributed by atoms with Gasteiger partial charge in [-0.25, -0.2) is 0 Å². The quantitative estimate of drug-likeness (QED) is 0.671. The number of rotatable bonds is 4. The molecule has 0 aliphatic rings. The molecule has 0 rings (SSSR count). The zero-order valence-electron chi connectivity index (χ0n) is 10.9. The Labute approximate surface area is 99.6 Å². The van der Waals surface area contributed by atoms with Gasteiger partial charge in [0.25, 0.3) is 0 Å². The molecule has 15 heavy (non-hydrogen) atoms. The topological polar surface area (TPSA) is 17.1 Å². The number of carbonyl (C=O) groups is 1. The van der Waals surface area contributed by atoms with Crippen LogP contribution < -0.4 is 0 Å². The Morgan fingerprint density at radius 1 is 0.933 bits per heavy atom. The highest BCUT2D eigenvalue weighted by atomic mass is 32.1. The molecule has 88 valence electrons. The molecule has 0 bridgehead atoms. The zero-order valence-corrected chi connectivity index (χ0v) is 11.8. The first kappa shape index (κ1) is 14.8. The lowest BCUT2D eigenvalue weighted by Crippen LogP contribution is -2.21. The lowest BCUT2D eigenvalue weighted by Gasteiger charge is -2.20. The van der Waals surface area contributed by atoms with Crippen LogP contribution in [0, 0.1) is 10.8 Å². The lowest BCUT2D eigenvalue weighted by molar-refractivity contribution is -0.126. The molecule has 0 N–H and O–H groups in total. The molecule has 0 saturated heterocycles. The van der Waals surface area contributed by atoms with E-state index in [0.717, 1.165) is 17.7 Å². The highest BCUT2D eigenvalue weighted by molar-refractivity contribution is 7.80. The maximum atomic E-state index is 11.7. The van der Waals surface area contributed by atoms with Gasteiger partial charge >= 0.3 is 0 Å². The first-order valence-electron chi connectivity index (χ1n) is 5.62. The molecule has 1 nitrogen and oxygen atoms in total. The van der Waals surface area contributed by atoms with Crippen LogP contribution in [-0.4, -0.2) is 10.6 Å². The number of hydrogen-bond acceptors (Lipinski definition) is 2. The Kier molecular flexibility index (Phi) is 5.12. The average molecular weight is 228 g/mol. The van der Waals surface area contributed by atoms with E-state index in [0.29, 0.717) is 12.2 Å². The predicted octanol–water partition coefficient (Wildman–Crippen LogP) is 4.19. The van der Waals surface area contributed by atoms with Crippen molar-refractivity contribution >= 4 is 22.9 Å². The summed E-state index contributed by atoms with van der Waals surface area (Å²) >= 11 is 5.33. The zero-order chi connectivity index (χ0) is 12.3. The first-order valence-corrected chi connectivity index (χ1v) is 6.02. The molecule has 2 heteroatoms. The van der Waals surface area contributed by atoms with Gasteiger partial charge in [-0.05, 0) is 23.1 Å². The van der Waals surface area contributed by atoms with Crippen molar-refractivity contribution in [1.29, 1.82) is 0 Å². The van der Waals surface area contributed by atoms with Crippen molar-refractivity contribution in [1.82, 2.24) is 0 Å². The second-order valence-electron chi connectivity index (χ2n) is 6.20. The van der Waals surface area contributed by atoms with Crippen LogP contribution in [0.3, 0.4) is 0 Å². The van der Waals surface area contributed by atoms with Gasteiger partial charge in [-0.2, -0.15) is 0 Å². The summed E-state index contributed by atoms with van der Waals surface area (Å²) in [6.07, 6.45) is 2.44. The normalized spacial score (nSPS) is 12.7. The van der Waals surface area contributed by atoms with Crippen molar-refractivity contribution in [3.05, 3.63) is 0 Å². The second-order valence-corrected chi connectivity index (χ2v) is 6.69. The minimum Gasteiger partial charge on any atom is -0.299 e. The second kappa shape index (κ2) is 5.20. The van der Waals surface area contributed by atoms with E-state index in [9.17, 15) is 4.79 Å². The van der Waals surface area contributed by atoms with Gasteiger partial charge in [0.05, 0.1) is 0 Å². The minimum absolute atomic E-state index is 0.0973. The Morgan fingerprint density at radius 2 is 1.40 bits per heavy atom. The van der Waals surface area contributed by atoms with E-state index in [1.807, 2.05) is 20.8 Å². The highest BCUT2D eigenvalue weighted by Crippen LogP contribution is 2.22. The molecule has 0 atom stereocenters. The fraction of sp³-hybridized carbons (Fsp3) is 0.846. The summed E-state index contributed by atoms with van der Waals surface area (Å²) in [4.78, 5) is 12.7. The third-order valence-electron chi connectivity index (χ3n) is 2.48. The largest absolute Gasteiger partial charge is 0.299 e. The van der Waals surface area contributed by atoms with Gasteiger partial charge in [-0.3, -0.25) is 4.79 Å². The number of Topliss-reactive ketones (excluding diaryl/α,β-unsaturated/α-hetero) is 1. The number of ketones is 1. The molecular weight excluding hydrogens is 204 g/mol. The number of hydrogen-bond donors (Lipinski definition) is 0. The van der Waals surface area contributed by atoms with Gasteiger partial charge in [0.2, 0.25) is 0 Å². The summed E-state index contributed by atoms with van der Waals surface area (Å²) in [6.45, 7) is 12.3. The Morgan fingerprint density at radius 3 is 1.73 bits per heavy atom. The smallest absolute Gasteiger partial charge is 0.138 e. The van der Waals surface area contributed by atoms with E-state index >= 15 is 0 Å². The van der Waals surface area contributed by atoms with Gasteiger partial charge in [0.1, 0.15) is 5.78 Å². The number of thiocarbonyl (C=S) groups is 1. The van der Waals surface area contributed by atoms with Crippen LogP contribution in [0.25, 0.3) is 0 Å². The van der Waals surface area contributed by atoms with Gasteiger partial charge in [-0.1, -0.05) is 53.8 Å². The summed E-state index contributed by atoms with van der Waals surface area (Å²) in [5.41, 5.74) is -0.108. The molecule has 0 aliphatic heterocycles. The highest BCUT2D eigenvalue weighted by Gasteiger charge is 2.21. The predicted molar refractivity (Wildman–Crippen MR) is 70.4 cm³/mol. The van der Waals surface area contributed by atoms with E-state index in [4.69, 9.17) is 12.2 Å². The molecule has 0 radical (unpaired) electrons. The Hall–Kier alpha value is -0.240. The SMILES string of the molecule is CC(C)(C)C(=O)CCCC(=S)C(C)(C)C. The molecule has 0 aromatic heterocycles. The van der Waals surface area contributed by atoms with Crippen molar-refractivity contribution in [3.63, 3.8) is 0 Å². The van der Waals surface area contributed by atoms with Crippen LogP contribution in [-0.2, 0) is 4.79 Å². The first-order chi connectivity index (χ1) is 6.55. The summed E-state index contributed by atoms with van der Waals surface area (Å²) < 4.78 is 0. The summed E-state index contributed by atoms with van der Waals surface area (Å²) in [7, 11) is 0. The molecule has 0 amide bonds. The Bertz CT molecular complexity index is 214. The molecule has 0 aromatic carbocycles. The van der Waals surface area contributed by atoms with E-state index in [1.54, 1.807) is 0 Å². The molecule has 0 unspecified atom stereocenters. The molecular formula is C13H24OS. The van der Waals surface area contributed by atoms with Crippen molar-refractivity contribution in [2.45, 2.75) is 60.8 Å². The van der Waals surface area contributed by atoms with Crippen molar-refractivity contribution in [2.24, 2.45) is 10.8 Å². The fourth-order valence-electron chi connectivity index (χ4n) is 1.16. The third-order valence-corrected chi connectivity index (χ3v) is 3.30. The molecule has 0 spiro atoms. The van der Waals surface area contributed by atoms with Crippen LogP contribution in [0.5, 0.6) is 0 Å². The maximum absolute atomic E-state index is 11.7. The third kappa shape index (κ3) is 6.03. The van der Waals surface area contributed by atoms with Crippen molar-refractivity contribution in [3.8, 4) is 0 Å². The standard InChI is InChI=1S/C13H24OS/c1-12(2,3)10(14)8-7-9-11(15)13(4,5)6/h7-9H2,1-6H3. The summed E-state index contributed by atoms with van der Waals surface area (Å²) in [6, 6.07) is 0. The van der Waals surface area contributed by atoms with Crippen LogP contribution in [0.1, 0.15) is 60.8 Å². The average Bonchev–Trinajstić information content (AvgIpc) is 2.00. The minimum atomic E-state index is -0.205. The molecule has 0 heterocycles. The van der Waals surface area contributed by atoms with Gasteiger partial charge in [0, 0.05) is 11.8 Å². The van der Waals surface area contributed by atoms with Gasteiger partial charge < -0.3 is 0 Å². The molecule has 0 aliphatic carbocycles. The Balaban J connectivity index is 3.92. The van der Waals surface area contributed by atoms with Crippen molar-refractivity contribution in [2.75, 3.05) is 0 Å². The van der Waals surface area contributed by atoms with Crippen LogP contribution >= 0.6 is 12.2 Å².